The summed E-state index contributed by atoms with van der Waals surface area (Å²) in [5.41, 5.74) is 6.46. The molecule has 0 aliphatic carbocycles. The lowest BCUT2D eigenvalue weighted by Crippen LogP contribution is -2.33. The van der Waals surface area contributed by atoms with Gasteiger partial charge in [0.25, 0.3) is 0 Å². The number of guanidine groups is 1. The highest BCUT2D eigenvalue weighted by Gasteiger charge is 2.03. The second-order valence-corrected chi connectivity index (χ2v) is 3.17. The average Bonchev–Trinajstić information content (AvgIpc) is 2.28. The minimum atomic E-state index is 0.0813. The fraction of sp³-hybridized carbons (Fsp3) is 0.300. The highest BCUT2D eigenvalue weighted by molar-refractivity contribution is 5.77. The van der Waals surface area contributed by atoms with Crippen LogP contribution in [-0.2, 0) is 6.54 Å². The van der Waals surface area contributed by atoms with E-state index in [1.165, 1.54) is 0 Å². The Kier molecular flexibility index (Phi) is 3.79. The summed E-state index contributed by atoms with van der Waals surface area (Å²) in [7, 11) is 3.36. The summed E-state index contributed by atoms with van der Waals surface area (Å²) in [6.45, 7) is 0.563. The molecule has 0 aliphatic rings. The van der Waals surface area contributed by atoms with E-state index in [1.807, 2.05) is 24.3 Å². The predicted molar refractivity (Wildman–Crippen MR) is 57.9 cm³/mol. The van der Waals surface area contributed by atoms with Crippen LogP contribution in [0.5, 0.6) is 5.75 Å². The SMILES string of the molecule is COc1cccc(CN(C)C(N)=NO)c1. The number of methoxy groups -OCH3 is 1. The van der Waals surface area contributed by atoms with Crippen molar-refractivity contribution in [1.82, 2.24) is 4.90 Å². The number of hydrogen-bond donors (Lipinski definition) is 2. The van der Waals surface area contributed by atoms with Gasteiger partial charge in [-0.3, -0.25) is 0 Å². The van der Waals surface area contributed by atoms with E-state index in [0.29, 0.717) is 6.54 Å². The van der Waals surface area contributed by atoms with Crippen molar-refractivity contribution >= 4 is 5.96 Å². The molecule has 0 aliphatic heterocycles. The molecule has 3 N–H and O–H groups in total. The fourth-order valence-electron chi connectivity index (χ4n) is 1.20. The zero-order chi connectivity index (χ0) is 11.3. The lowest BCUT2D eigenvalue weighted by atomic mass is 10.2. The van der Waals surface area contributed by atoms with Crippen LogP contribution in [-0.4, -0.2) is 30.2 Å². The maximum absolute atomic E-state index is 8.48. The quantitative estimate of drug-likeness (QED) is 0.335. The number of nitrogens with two attached hydrogens (primary N) is 1. The molecule has 82 valence electrons. The minimum Gasteiger partial charge on any atom is -0.497 e. The molecule has 0 radical (unpaired) electrons. The first-order chi connectivity index (χ1) is 7.17. The monoisotopic (exact) mass is 209 g/mol. The summed E-state index contributed by atoms with van der Waals surface area (Å²) >= 11 is 0. The molecule has 1 aromatic rings. The third kappa shape index (κ3) is 3.05. The Balaban J connectivity index is 2.72. The fourth-order valence-corrected chi connectivity index (χ4v) is 1.20. The first-order valence-electron chi connectivity index (χ1n) is 4.49. The predicted octanol–water partition coefficient (Wildman–Crippen LogP) is 0.831. The summed E-state index contributed by atoms with van der Waals surface area (Å²) in [4.78, 5) is 1.63. The Bertz CT molecular complexity index is 352. The number of nitrogens with zero attached hydrogens (tertiary/aromatic N) is 2. The zero-order valence-electron chi connectivity index (χ0n) is 8.84. The number of ether oxygens (including phenoxy) is 1. The lowest BCUT2D eigenvalue weighted by Gasteiger charge is -2.16. The van der Waals surface area contributed by atoms with Gasteiger partial charge in [-0.25, -0.2) is 0 Å². The van der Waals surface area contributed by atoms with Crippen LogP contribution < -0.4 is 10.5 Å². The van der Waals surface area contributed by atoms with Crippen molar-refractivity contribution in [3.05, 3.63) is 29.8 Å². The summed E-state index contributed by atoms with van der Waals surface area (Å²) < 4.78 is 5.09. The first kappa shape index (κ1) is 11.2. The molecule has 0 unspecified atom stereocenters. The highest BCUT2D eigenvalue weighted by atomic mass is 16.5. The number of benzene rings is 1. The number of hydrogen-bond acceptors (Lipinski definition) is 3. The first-order valence-corrected chi connectivity index (χ1v) is 4.49. The Labute approximate surface area is 88.7 Å². The maximum atomic E-state index is 8.48. The average molecular weight is 209 g/mol. The molecule has 1 rings (SSSR count). The van der Waals surface area contributed by atoms with Gasteiger partial charge in [0, 0.05) is 13.6 Å². The van der Waals surface area contributed by atoms with E-state index in [2.05, 4.69) is 5.16 Å². The van der Waals surface area contributed by atoms with Crippen LogP contribution in [0.15, 0.2) is 29.4 Å². The maximum Gasteiger partial charge on any atom is 0.233 e. The summed E-state index contributed by atoms with van der Waals surface area (Å²) in [6, 6.07) is 7.62. The van der Waals surface area contributed by atoms with Crippen molar-refractivity contribution in [3.63, 3.8) is 0 Å². The molecular formula is C10H15N3O2. The van der Waals surface area contributed by atoms with Crippen molar-refractivity contribution in [3.8, 4) is 5.75 Å². The molecule has 0 atom stereocenters. The van der Waals surface area contributed by atoms with Gasteiger partial charge in [-0.15, -0.1) is 0 Å². The van der Waals surface area contributed by atoms with E-state index < -0.39 is 0 Å². The molecule has 0 heterocycles. The molecule has 0 saturated heterocycles. The van der Waals surface area contributed by atoms with Gasteiger partial charge in [0.1, 0.15) is 5.75 Å². The Hall–Kier alpha value is -1.91. The Morgan fingerprint density at radius 3 is 2.93 bits per heavy atom. The van der Waals surface area contributed by atoms with Gasteiger partial charge in [0.05, 0.1) is 7.11 Å². The summed E-state index contributed by atoms with van der Waals surface area (Å²) in [5, 5.41) is 11.4. The molecule has 0 fully saturated rings. The molecule has 0 amide bonds. The second-order valence-electron chi connectivity index (χ2n) is 3.17. The van der Waals surface area contributed by atoms with Crippen LogP contribution in [0, 0.1) is 0 Å². The number of rotatable bonds is 3. The third-order valence-corrected chi connectivity index (χ3v) is 2.05. The van der Waals surface area contributed by atoms with Gasteiger partial charge in [0.15, 0.2) is 0 Å². The molecule has 5 nitrogen and oxygen atoms in total. The van der Waals surface area contributed by atoms with Crippen LogP contribution in [0.1, 0.15) is 5.56 Å². The second kappa shape index (κ2) is 5.09. The van der Waals surface area contributed by atoms with E-state index in [4.69, 9.17) is 15.7 Å². The van der Waals surface area contributed by atoms with E-state index in [9.17, 15) is 0 Å². The Morgan fingerprint density at radius 1 is 1.60 bits per heavy atom. The molecule has 0 aromatic heterocycles. The topological polar surface area (TPSA) is 71.1 Å². The van der Waals surface area contributed by atoms with Gasteiger partial charge >= 0.3 is 0 Å². The molecule has 15 heavy (non-hydrogen) atoms. The van der Waals surface area contributed by atoms with Crippen LogP contribution in [0.25, 0.3) is 0 Å². The van der Waals surface area contributed by atoms with E-state index >= 15 is 0 Å². The largest absolute Gasteiger partial charge is 0.497 e. The van der Waals surface area contributed by atoms with Gasteiger partial charge < -0.3 is 20.6 Å². The summed E-state index contributed by atoms with van der Waals surface area (Å²) in [6.07, 6.45) is 0. The molecule has 0 bridgehead atoms. The van der Waals surface area contributed by atoms with E-state index in [1.54, 1.807) is 19.1 Å². The third-order valence-electron chi connectivity index (χ3n) is 2.05. The highest BCUT2D eigenvalue weighted by Crippen LogP contribution is 2.13. The van der Waals surface area contributed by atoms with Crippen molar-refractivity contribution in [2.75, 3.05) is 14.2 Å². The normalized spacial score (nSPS) is 11.2. The van der Waals surface area contributed by atoms with Gasteiger partial charge in [-0.05, 0) is 17.7 Å². The smallest absolute Gasteiger partial charge is 0.233 e. The van der Waals surface area contributed by atoms with Gasteiger partial charge in [-0.2, -0.15) is 0 Å². The molecule has 1 aromatic carbocycles. The molecule has 0 saturated carbocycles. The summed E-state index contributed by atoms with van der Waals surface area (Å²) in [5.74, 6) is 0.873. The van der Waals surface area contributed by atoms with Gasteiger partial charge in [-0.1, -0.05) is 17.3 Å². The lowest BCUT2D eigenvalue weighted by molar-refractivity contribution is 0.304. The van der Waals surface area contributed by atoms with Crippen molar-refractivity contribution in [2.45, 2.75) is 6.54 Å². The molecule has 0 spiro atoms. The molecule has 5 heteroatoms. The minimum absolute atomic E-state index is 0.0813. The van der Waals surface area contributed by atoms with Crippen LogP contribution in [0.3, 0.4) is 0 Å². The van der Waals surface area contributed by atoms with Crippen molar-refractivity contribution in [2.24, 2.45) is 10.9 Å². The molecular weight excluding hydrogens is 194 g/mol. The zero-order valence-corrected chi connectivity index (χ0v) is 8.84. The Morgan fingerprint density at radius 2 is 2.33 bits per heavy atom. The van der Waals surface area contributed by atoms with Gasteiger partial charge in [0.2, 0.25) is 5.96 Å². The number of oxime groups is 1. The van der Waals surface area contributed by atoms with Crippen LogP contribution in [0.2, 0.25) is 0 Å². The van der Waals surface area contributed by atoms with Crippen LogP contribution in [0.4, 0.5) is 0 Å². The van der Waals surface area contributed by atoms with E-state index in [-0.39, 0.29) is 5.96 Å². The van der Waals surface area contributed by atoms with E-state index in [0.717, 1.165) is 11.3 Å². The van der Waals surface area contributed by atoms with Crippen molar-refractivity contribution in [1.29, 1.82) is 0 Å². The van der Waals surface area contributed by atoms with Crippen molar-refractivity contribution < 1.29 is 9.94 Å². The standard InChI is InChI=1S/C10H15N3O2/c1-13(10(11)12-14)7-8-4-3-5-9(6-8)15-2/h3-6,14H,7H2,1-2H3,(H2,11,12). The van der Waals surface area contributed by atoms with Crippen LogP contribution >= 0.6 is 0 Å².